The summed E-state index contributed by atoms with van der Waals surface area (Å²) in [5, 5.41) is 11.9. The van der Waals surface area contributed by atoms with E-state index in [1.54, 1.807) is 0 Å². The lowest BCUT2D eigenvalue weighted by atomic mass is 9.74. The summed E-state index contributed by atoms with van der Waals surface area (Å²) in [7, 11) is 0. The van der Waals surface area contributed by atoms with Crippen molar-refractivity contribution in [2.75, 3.05) is 33.0 Å². The first-order valence-electron chi connectivity index (χ1n) is 13.8. The Morgan fingerprint density at radius 2 is 0.853 bits per heavy atom. The molecule has 0 bridgehead atoms. The minimum Gasteiger partial charge on any atom is -0.373 e. The molecule has 0 amide bonds. The molecule has 0 saturated heterocycles. The molecular formula is C28H52O6. The summed E-state index contributed by atoms with van der Waals surface area (Å²) in [4.78, 5) is 0. The predicted molar refractivity (Wildman–Crippen MR) is 137 cm³/mol. The highest BCUT2D eigenvalue weighted by atomic mass is 16.6. The van der Waals surface area contributed by atoms with E-state index in [-0.39, 0.29) is 0 Å². The van der Waals surface area contributed by atoms with E-state index in [1.807, 2.05) is 0 Å². The van der Waals surface area contributed by atoms with Crippen LogP contribution in [0.3, 0.4) is 0 Å². The van der Waals surface area contributed by atoms with Crippen LogP contribution in [0.1, 0.15) is 98.8 Å². The Kier molecular flexibility index (Phi) is 17.1. The normalized spacial score (nSPS) is 29.3. The van der Waals surface area contributed by atoms with Gasteiger partial charge in [0.1, 0.15) is 30.5 Å². The monoisotopic (exact) mass is 484 g/mol. The molecule has 1 fully saturated rings. The molecule has 0 spiro atoms. The number of terminal acetylenes is 1. The summed E-state index contributed by atoms with van der Waals surface area (Å²) >= 11 is 0. The molecule has 200 valence electrons. The first kappa shape index (κ1) is 31.4. The lowest BCUT2D eigenvalue weighted by Crippen LogP contribution is -2.73. The van der Waals surface area contributed by atoms with Gasteiger partial charge in [0.25, 0.3) is 0 Å². The molecular weight excluding hydrogens is 432 g/mol. The molecule has 34 heavy (non-hydrogen) atoms. The molecule has 1 unspecified atom stereocenters. The maximum absolute atomic E-state index is 11.9. The van der Waals surface area contributed by atoms with E-state index in [2.05, 4.69) is 40.5 Å². The third-order valence-electron chi connectivity index (χ3n) is 6.36. The van der Waals surface area contributed by atoms with Crippen LogP contribution in [0.25, 0.3) is 0 Å². The number of ether oxygens (including phenoxy) is 5. The van der Waals surface area contributed by atoms with Crippen molar-refractivity contribution in [1.29, 1.82) is 0 Å². The maximum atomic E-state index is 11.9. The highest BCUT2D eigenvalue weighted by molar-refractivity contribution is 5.24. The average Bonchev–Trinajstić information content (AvgIpc) is 2.84. The zero-order valence-electron chi connectivity index (χ0n) is 22.6. The molecule has 6 atom stereocenters. The standard InChI is InChI=1S/C28H52O6/c1-7-13-18-30-23-24(31-19-14-8-2)26(33-21-16-10-4)28(29,12-6)27(34-22-17-11-5)25(23)32-20-15-9-3/h6,23-27,29H,7-11,13-22H2,1-5H3/t23-,24-,25+,26+,27-,28?. The van der Waals surface area contributed by atoms with E-state index >= 15 is 0 Å². The highest BCUT2D eigenvalue weighted by Gasteiger charge is 2.61. The van der Waals surface area contributed by atoms with Gasteiger partial charge in [0, 0.05) is 33.0 Å². The zero-order valence-corrected chi connectivity index (χ0v) is 22.6. The molecule has 6 heteroatoms. The van der Waals surface area contributed by atoms with Crippen LogP contribution in [0, 0.1) is 12.3 Å². The molecule has 0 aromatic carbocycles. The topological polar surface area (TPSA) is 66.4 Å². The molecule has 1 aliphatic carbocycles. The molecule has 0 heterocycles. The highest BCUT2D eigenvalue weighted by Crippen LogP contribution is 2.39. The molecule has 0 aromatic rings. The van der Waals surface area contributed by atoms with E-state index in [4.69, 9.17) is 30.1 Å². The number of unbranched alkanes of at least 4 members (excludes halogenated alkanes) is 5. The number of hydrogen-bond acceptors (Lipinski definition) is 6. The van der Waals surface area contributed by atoms with Crippen molar-refractivity contribution in [3.05, 3.63) is 0 Å². The minimum atomic E-state index is -1.68. The average molecular weight is 485 g/mol. The van der Waals surface area contributed by atoms with Gasteiger partial charge in [-0.1, -0.05) is 72.6 Å². The summed E-state index contributed by atoms with van der Waals surface area (Å²) in [6, 6.07) is 0. The van der Waals surface area contributed by atoms with Crippen molar-refractivity contribution in [1.82, 2.24) is 0 Å². The fraction of sp³-hybridized carbons (Fsp3) is 0.929. The zero-order chi connectivity index (χ0) is 25.2. The molecule has 1 saturated carbocycles. The van der Waals surface area contributed by atoms with Crippen molar-refractivity contribution in [3.63, 3.8) is 0 Å². The second-order valence-electron chi connectivity index (χ2n) is 9.33. The van der Waals surface area contributed by atoms with Crippen LogP contribution in [0.5, 0.6) is 0 Å². The van der Waals surface area contributed by atoms with Crippen LogP contribution >= 0.6 is 0 Å². The Morgan fingerprint density at radius 1 is 0.559 bits per heavy atom. The van der Waals surface area contributed by atoms with Crippen LogP contribution in [-0.4, -0.2) is 74.3 Å². The van der Waals surface area contributed by atoms with Crippen molar-refractivity contribution >= 4 is 0 Å². The second kappa shape index (κ2) is 18.6. The van der Waals surface area contributed by atoms with Crippen LogP contribution in [0.4, 0.5) is 0 Å². The Labute approximate surface area is 209 Å². The van der Waals surface area contributed by atoms with Crippen LogP contribution in [-0.2, 0) is 23.7 Å². The Hall–Kier alpha value is -0.680. The van der Waals surface area contributed by atoms with Crippen LogP contribution in [0.2, 0.25) is 0 Å². The molecule has 1 rings (SSSR count). The summed E-state index contributed by atoms with van der Waals surface area (Å²) < 4.78 is 31.8. The molecule has 6 nitrogen and oxygen atoms in total. The van der Waals surface area contributed by atoms with Crippen LogP contribution < -0.4 is 0 Å². The van der Waals surface area contributed by atoms with E-state index in [9.17, 15) is 5.11 Å². The molecule has 0 aliphatic heterocycles. The summed E-state index contributed by atoms with van der Waals surface area (Å²) in [5.41, 5.74) is -1.68. The Morgan fingerprint density at radius 3 is 1.15 bits per heavy atom. The molecule has 0 aromatic heterocycles. The SMILES string of the molecule is C#CC1(O)[C@H](OCCCC)[C@@H](OCCCC)[C@H](OCCCC)[C@@H](OCCCC)[C@@H]1OCCCC. The van der Waals surface area contributed by atoms with E-state index < -0.39 is 36.1 Å². The van der Waals surface area contributed by atoms with Gasteiger partial charge in [0.05, 0.1) is 0 Å². The van der Waals surface area contributed by atoms with E-state index in [0.717, 1.165) is 64.2 Å². The Balaban J connectivity index is 3.41. The fourth-order valence-electron chi connectivity index (χ4n) is 4.16. The summed E-state index contributed by atoms with van der Waals surface area (Å²) in [5.74, 6) is 2.65. The number of rotatable bonds is 20. The third kappa shape index (κ3) is 9.41. The van der Waals surface area contributed by atoms with Crippen LogP contribution in [0.15, 0.2) is 0 Å². The minimum absolute atomic E-state index is 0.438. The smallest absolute Gasteiger partial charge is 0.182 e. The van der Waals surface area contributed by atoms with Gasteiger partial charge < -0.3 is 28.8 Å². The van der Waals surface area contributed by atoms with E-state index in [1.165, 1.54) is 0 Å². The first-order valence-corrected chi connectivity index (χ1v) is 13.8. The van der Waals surface area contributed by atoms with Gasteiger partial charge in [0.2, 0.25) is 0 Å². The summed E-state index contributed by atoms with van der Waals surface area (Å²) in [6.45, 7) is 13.3. The lowest BCUT2D eigenvalue weighted by Gasteiger charge is -2.52. The van der Waals surface area contributed by atoms with Gasteiger partial charge in [-0.2, -0.15) is 0 Å². The maximum Gasteiger partial charge on any atom is 0.182 e. The van der Waals surface area contributed by atoms with Gasteiger partial charge in [0.15, 0.2) is 5.60 Å². The first-order chi connectivity index (χ1) is 16.5. The van der Waals surface area contributed by atoms with Gasteiger partial charge in [-0.25, -0.2) is 0 Å². The largest absolute Gasteiger partial charge is 0.373 e. The predicted octanol–water partition coefficient (Wildman–Crippen LogP) is 5.29. The van der Waals surface area contributed by atoms with Crippen molar-refractivity contribution in [3.8, 4) is 12.3 Å². The van der Waals surface area contributed by atoms with Gasteiger partial charge in [-0.05, 0) is 32.1 Å². The van der Waals surface area contributed by atoms with Crippen molar-refractivity contribution < 1.29 is 28.8 Å². The number of aliphatic hydroxyl groups is 1. The lowest BCUT2D eigenvalue weighted by molar-refractivity contribution is -0.293. The second-order valence-corrected chi connectivity index (χ2v) is 9.33. The third-order valence-corrected chi connectivity index (χ3v) is 6.36. The molecule has 0 radical (unpaired) electrons. The molecule has 1 aliphatic rings. The summed E-state index contributed by atoms with van der Waals surface area (Å²) in [6.07, 6.45) is 12.5. The van der Waals surface area contributed by atoms with Gasteiger partial charge in [-0.15, -0.1) is 6.42 Å². The Bertz CT molecular complexity index is 501. The molecule has 1 N–H and O–H groups in total. The van der Waals surface area contributed by atoms with Crippen molar-refractivity contribution in [2.45, 2.75) is 135 Å². The quantitative estimate of drug-likeness (QED) is 0.187. The fourth-order valence-corrected chi connectivity index (χ4v) is 4.16. The van der Waals surface area contributed by atoms with Gasteiger partial charge >= 0.3 is 0 Å². The van der Waals surface area contributed by atoms with Crippen molar-refractivity contribution in [2.24, 2.45) is 0 Å². The van der Waals surface area contributed by atoms with Gasteiger partial charge in [-0.3, -0.25) is 0 Å². The number of hydrogen-bond donors (Lipinski definition) is 1. The van der Waals surface area contributed by atoms with E-state index in [0.29, 0.717) is 33.0 Å².